The van der Waals surface area contributed by atoms with Crippen LogP contribution in [0.2, 0.25) is 0 Å². The molecule has 1 aliphatic heterocycles. The molecule has 0 radical (unpaired) electrons. The van der Waals surface area contributed by atoms with Crippen LogP contribution in [0.5, 0.6) is 5.75 Å². The van der Waals surface area contributed by atoms with Crippen LogP contribution >= 0.6 is 15.9 Å². The summed E-state index contributed by atoms with van der Waals surface area (Å²) in [4.78, 5) is 7.15. The Kier molecular flexibility index (Phi) is 5.84. The lowest BCUT2D eigenvalue weighted by Crippen LogP contribution is -2.47. The van der Waals surface area contributed by atoms with Crippen molar-refractivity contribution in [2.75, 3.05) is 53.4 Å². The first-order valence-corrected chi connectivity index (χ1v) is 7.91. The Labute approximate surface area is 130 Å². The van der Waals surface area contributed by atoms with Crippen LogP contribution in [0.15, 0.2) is 22.7 Å². The highest BCUT2D eigenvalue weighted by molar-refractivity contribution is 9.10. The third-order valence-electron chi connectivity index (χ3n) is 3.79. The summed E-state index contributed by atoms with van der Waals surface area (Å²) in [6.45, 7) is 7.45. The van der Waals surface area contributed by atoms with Crippen molar-refractivity contribution in [1.29, 1.82) is 0 Å². The summed E-state index contributed by atoms with van der Waals surface area (Å²) in [6, 6.07) is 5.85. The Balaban J connectivity index is 1.81. The van der Waals surface area contributed by atoms with E-state index in [0.717, 1.165) is 55.8 Å². The lowest BCUT2D eigenvalue weighted by Gasteiger charge is -2.35. The predicted octanol–water partition coefficient (Wildman–Crippen LogP) is 1.83. The number of para-hydroxylation sites is 1. The number of phenols is 1. The number of hydrogen-bond donors (Lipinski definition) is 1. The molecular weight excluding hydrogens is 318 g/mol. The molecule has 5 heteroatoms. The molecule has 1 aromatic carbocycles. The highest BCUT2D eigenvalue weighted by Crippen LogP contribution is 2.28. The van der Waals surface area contributed by atoms with Gasteiger partial charge in [-0.1, -0.05) is 12.1 Å². The Morgan fingerprint density at radius 2 is 1.80 bits per heavy atom. The van der Waals surface area contributed by atoms with Gasteiger partial charge in [0.05, 0.1) is 4.47 Å². The molecule has 1 N–H and O–H groups in total. The number of phenolic OH excluding ortho intramolecular Hbond substituents is 1. The van der Waals surface area contributed by atoms with E-state index in [4.69, 9.17) is 0 Å². The highest BCUT2D eigenvalue weighted by atomic mass is 79.9. The van der Waals surface area contributed by atoms with Gasteiger partial charge in [-0.05, 0) is 36.1 Å². The summed E-state index contributed by atoms with van der Waals surface area (Å²) in [5.74, 6) is 0.377. The molecule has 1 aromatic rings. The monoisotopic (exact) mass is 341 g/mol. The molecule has 4 nitrogen and oxygen atoms in total. The fourth-order valence-corrected chi connectivity index (χ4v) is 2.85. The van der Waals surface area contributed by atoms with Gasteiger partial charge in [-0.2, -0.15) is 0 Å². The SMILES string of the molecule is CN(C)CCN1CCN(Cc2cccc(Br)c2O)CC1. The van der Waals surface area contributed by atoms with E-state index in [1.807, 2.05) is 18.2 Å². The lowest BCUT2D eigenvalue weighted by atomic mass is 10.1. The first-order chi connectivity index (χ1) is 9.56. The Morgan fingerprint density at radius 3 is 2.45 bits per heavy atom. The maximum atomic E-state index is 10.0. The molecule has 112 valence electrons. The zero-order chi connectivity index (χ0) is 14.5. The first-order valence-electron chi connectivity index (χ1n) is 7.12. The topological polar surface area (TPSA) is 30.0 Å². The Bertz CT molecular complexity index is 431. The molecule has 0 atom stereocenters. The maximum Gasteiger partial charge on any atom is 0.134 e. The summed E-state index contributed by atoms with van der Waals surface area (Å²) in [7, 11) is 4.23. The van der Waals surface area contributed by atoms with Crippen molar-refractivity contribution < 1.29 is 5.11 Å². The second-order valence-electron chi connectivity index (χ2n) is 5.67. The molecule has 1 heterocycles. The predicted molar refractivity (Wildman–Crippen MR) is 86.1 cm³/mol. The molecule has 0 aromatic heterocycles. The summed E-state index contributed by atoms with van der Waals surface area (Å²) in [5, 5.41) is 10.0. The van der Waals surface area contributed by atoms with E-state index in [1.165, 1.54) is 0 Å². The molecular formula is C15H24BrN3O. The Morgan fingerprint density at radius 1 is 1.15 bits per heavy atom. The van der Waals surface area contributed by atoms with Gasteiger partial charge in [0.25, 0.3) is 0 Å². The quantitative estimate of drug-likeness (QED) is 0.884. The molecule has 1 saturated heterocycles. The summed E-state index contributed by atoms with van der Waals surface area (Å²) in [5.41, 5.74) is 1.00. The van der Waals surface area contributed by atoms with Crippen LogP contribution in [0.4, 0.5) is 0 Å². The van der Waals surface area contributed by atoms with Crippen molar-refractivity contribution in [3.63, 3.8) is 0 Å². The second kappa shape index (κ2) is 7.41. The van der Waals surface area contributed by atoms with E-state index >= 15 is 0 Å². The van der Waals surface area contributed by atoms with Crippen molar-refractivity contribution in [2.24, 2.45) is 0 Å². The van der Waals surface area contributed by atoms with Crippen LogP contribution in [0.1, 0.15) is 5.56 Å². The fraction of sp³-hybridized carbons (Fsp3) is 0.600. The molecule has 0 saturated carbocycles. The van der Waals surface area contributed by atoms with Gasteiger partial charge in [0.1, 0.15) is 5.75 Å². The minimum Gasteiger partial charge on any atom is -0.506 e. The third kappa shape index (κ3) is 4.45. The van der Waals surface area contributed by atoms with Gasteiger partial charge in [-0.15, -0.1) is 0 Å². The van der Waals surface area contributed by atoms with Crippen LogP contribution < -0.4 is 0 Å². The smallest absolute Gasteiger partial charge is 0.134 e. The molecule has 2 rings (SSSR count). The van der Waals surface area contributed by atoms with Crippen molar-refractivity contribution >= 4 is 15.9 Å². The van der Waals surface area contributed by atoms with Crippen molar-refractivity contribution in [1.82, 2.24) is 14.7 Å². The number of aromatic hydroxyl groups is 1. The zero-order valence-corrected chi connectivity index (χ0v) is 13.9. The minimum absolute atomic E-state index is 0.377. The molecule has 0 aliphatic carbocycles. The average molecular weight is 342 g/mol. The van der Waals surface area contributed by atoms with E-state index in [1.54, 1.807) is 0 Å². The van der Waals surface area contributed by atoms with Gasteiger partial charge in [0.2, 0.25) is 0 Å². The van der Waals surface area contributed by atoms with Crippen LogP contribution in [-0.2, 0) is 6.54 Å². The van der Waals surface area contributed by atoms with Crippen LogP contribution in [0, 0.1) is 0 Å². The molecule has 20 heavy (non-hydrogen) atoms. The fourth-order valence-electron chi connectivity index (χ4n) is 2.44. The molecule has 0 spiro atoms. The number of halogens is 1. The van der Waals surface area contributed by atoms with Gasteiger partial charge in [0, 0.05) is 51.4 Å². The number of nitrogens with zero attached hydrogens (tertiary/aromatic N) is 3. The van der Waals surface area contributed by atoms with Gasteiger partial charge >= 0.3 is 0 Å². The molecule has 0 unspecified atom stereocenters. The second-order valence-corrected chi connectivity index (χ2v) is 6.52. The molecule has 1 aliphatic rings. The standard InChI is InChI=1S/C15H24BrN3O/c1-17(2)6-7-18-8-10-19(11-9-18)12-13-4-3-5-14(16)15(13)20/h3-5,20H,6-12H2,1-2H3. The van der Waals surface area contributed by atoms with Gasteiger partial charge in [-0.25, -0.2) is 0 Å². The molecule has 0 bridgehead atoms. The van der Waals surface area contributed by atoms with Crippen molar-refractivity contribution in [3.05, 3.63) is 28.2 Å². The van der Waals surface area contributed by atoms with E-state index in [-0.39, 0.29) is 0 Å². The minimum atomic E-state index is 0.377. The Hall–Kier alpha value is -0.620. The van der Waals surface area contributed by atoms with Gasteiger partial charge in [-0.3, -0.25) is 9.80 Å². The average Bonchev–Trinajstić information content (AvgIpc) is 2.43. The molecule has 1 fully saturated rings. The zero-order valence-electron chi connectivity index (χ0n) is 12.3. The number of piperazine rings is 1. The number of likely N-dealkylation sites (N-methyl/N-ethyl adjacent to an activating group) is 1. The van der Waals surface area contributed by atoms with Crippen molar-refractivity contribution in [2.45, 2.75) is 6.54 Å². The van der Waals surface area contributed by atoms with E-state index in [2.05, 4.69) is 44.7 Å². The number of benzene rings is 1. The highest BCUT2D eigenvalue weighted by Gasteiger charge is 2.18. The van der Waals surface area contributed by atoms with Crippen LogP contribution in [0.25, 0.3) is 0 Å². The van der Waals surface area contributed by atoms with E-state index in [9.17, 15) is 5.11 Å². The van der Waals surface area contributed by atoms with Crippen LogP contribution in [0.3, 0.4) is 0 Å². The van der Waals surface area contributed by atoms with E-state index in [0.29, 0.717) is 5.75 Å². The van der Waals surface area contributed by atoms with Gasteiger partial charge in [0.15, 0.2) is 0 Å². The summed E-state index contributed by atoms with van der Waals surface area (Å²) < 4.78 is 0.777. The van der Waals surface area contributed by atoms with Gasteiger partial charge < -0.3 is 10.0 Å². The normalized spacial score (nSPS) is 17.8. The maximum absolute atomic E-state index is 10.0. The largest absolute Gasteiger partial charge is 0.506 e. The summed E-state index contributed by atoms with van der Waals surface area (Å²) >= 11 is 3.37. The van der Waals surface area contributed by atoms with Crippen LogP contribution in [-0.4, -0.2) is 73.2 Å². The molecule has 0 amide bonds. The van der Waals surface area contributed by atoms with Crippen molar-refractivity contribution in [3.8, 4) is 5.75 Å². The third-order valence-corrected chi connectivity index (χ3v) is 4.43. The lowest BCUT2D eigenvalue weighted by molar-refractivity contribution is 0.120. The first kappa shape index (κ1) is 15.8. The van der Waals surface area contributed by atoms with E-state index < -0.39 is 0 Å². The number of hydrogen-bond acceptors (Lipinski definition) is 4. The number of rotatable bonds is 5. The summed E-state index contributed by atoms with van der Waals surface area (Å²) in [6.07, 6.45) is 0.